The van der Waals surface area contributed by atoms with Gasteiger partial charge in [0.25, 0.3) is 5.69 Å². The molecule has 0 radical (unpaired) electrons. The van der Waals surface area contributed by atoms with Crippen LogP contribution in [-0.4, -0.2) is 47.8 Å². The number of ether oxygens (including phenoxy) is 1. The van der Waals surface area contributed by atoms with Crippen molar-refractivity contribution in [1.82, 2.24) is 4.90 Å². The standard InChI is InChI=1S/C25H37N2O8P/c1-8-13-33-14-12-26-18(6)22(25(28)29)23(20-10-9-11-21(15-20)27(30)31)24(19(26)7)36(32,34-16(2)3)35-17(4)5/h9-11,15-17,23H,8,12-14H2,1-7H3,(H,28,29)/p-1. The second-order valence-corrected chi connectivity index (χ2v) is 11.0. The number of carbonyl (C=O) groups is 1. The van der Waals surface area contributed by atoms with E-state index < -0.39 is 36.6 Å². The summed E-state index contributed by atoms with van der Waals surface area (Å²) < 4.78 is 31.9. The predicted octanol–water partition coefficient (Wildman–Crippen LogP) is 4.72. The van der Waals surface area contributed by atoms with Gasteiger partial charge in [0.05, 0.1) is 35.0 Å². The average molecular weight is 524 g/mol. The summed E-state index contributed by atoms with van der Waals surface area (Å²) >= 11 is 0. The summed E-state index contributed by atoms with van der Waals surface area (Å²) in [7, 11) is -4.11. The second-order valence-electron chi connectivity index (χ2n) is 9.11. The van der Waals surface area contributed by atoms with Crippen molar-refractivity contribution in [2.45, 2.75) is 73.0 Å². The zero-order valence-electron chi connectivity index (χ0n) is 22.0. The summed E-state index contributed by atoms with van der Waals surface area (Å²) in [5, 5.41) is 24.2. The molecule has 1 unspecified atom stereocenters. The van der Waals surface area contributed by atoms with Gasteiger partial charge in [-0.2, -0.15) is 0 Å². The first-order valence-corrected chi connectivity index (χ1v) is 13.6. The minimum atomic E-state index is -4.11. The van der Waals surface area contributed by atoms with Crippen LogP contribution in [0.1, 0.15) is 66.4 Å². The number of nitrogens with zero attached hydrogens (tertiary/aromatic N) is 2. The third kappa shape index (κ3) is 6.82. The third-order valence-electron chi connectivity index (χ3n) is 5.57. The molecule has 1 aliphatic rings. The molecule has 11 heteroatoms. The Labute approximate surface area is 212 Å². The van der Waals surface area contributed by atoms with Crippen molar-refractivity contribution in [1.29, 1.82) is 0 Å². The molecular formula is C25H36N2O8P-. The fourth-order valence-electron chi connectivity index (χ4n) is 4.29. The summed E-state index contributed by atoms with van der Waals surface area (Å²) in [6.45, 7) is 13.3. The number of benzene rings is 1. The van der Waals surface area contributed by atoms with Crippen LogP contribution in [0.2, 0.25) is 0 Å². The molecule has 0 N–H and O–H groups in total. The number of rotatable bonds is 13. The number of carbonyl (C=O) groups excluding carboxylic acids is 1. The summed E-state index contributed by atoms with van der Waals surface area (Å²) in [5.41, 5.74) is 0.748. The molecule has 1 aromatic rings. The predicted molar refractivity (Wildman–Crippen MR) is 134 cm³/mol. The SMILES string of the molecule is CCCOCCN1C(C)=C(C(=O)[O-])C(c2cccc([N+](=O)[O-])c2)C(P(=O)(OC(C)C)OC(C)C)=C1C. The Kier molecular flexibility index (Phi) is 10.4. The second kappa shape index (κ2) is 12.6. The molecule has 0 amide bonds. The Morgan fingerprint density at radius 3 is 2.22 bits per heavy atom. The number of nitro benzene ring substituents is 1. The maximum atomic E-state index is 14.5. The van der Waals surface area contributed by atoms with E-state index in [0.29, 0.717) is 31.2 Å². The van der Waals surface area contributed by atoms with Crippen molar-refractivity contribution in [2.75, 3.05) is 19.8 Å². The van der Waals surface area contributed by atoms with Crippen LogP contribution in [-0.2, 0) is 23.1 Å². The monoisotopic (exact) mass is 523 g/mol. The molecule has 36 heavy (non-hydrogen) atoms. The highest BCUT2D eigenvalue weighted by molar-refractivity contribution is 7.58. The van der Waals surface area contributed by atoms with E-state index in [1.165, 1.54) is 18.2 Å². The molecular weight excluding hydrogens is 487 g/mol. The molecule has 1 aromatic carbocycles. The fraction of sp³-hybridized carbons (Fsp3) is 0.560. The van der Waals surface area contributed by atoms with Gasteiger partial charge in [-0.25, -0.2) is 0 Å². The van der Waals surface area contributed by atoms with Crippen LogP contribution >= 0.6 is 7.60 Å². The van der Waals surface area contributed by atoms with Crippen molar-refractivity contribution in [3.63, 3.8) is 0 Å². The fourth-order valence-corrected chi connectivity index (χ4v) is 6.78. The molecule has 0 saturated heterocycles. The third-order valence-corrected chi connectivity index (χ3v) is 8.14. The minimum absolute atomic E-state index is 0.116. The molecule has 1 heterocycles. The highest BCUT2D eigenvalue weighted by atomic mass is 31.2. The molecule has 10 nitrogen and oxygen atoms in total. The van der Waals surface area contributed by atoms with Crippen molar-refractivity contribution < 1.29 is 33.2 Å². The first-order valence-electron chi connectivity index (χ1n) is 12.0. The van der Waals surface area contributed by atoms with Crippen LogP contribution < -0.4 is 5.11 Å². The van der Waals surface area contributed by atoms with Crippen LogP contribution in [0.3, 0.4) is 0 Å². The van der Waals surface area contributed by atoms with Gasteiger partial charge in [0.1, 0.15) is 0 Å². The molecule has 0 aromatic heterocycles. The largest absolute Gasteiger partial charge is 0.545 e. The van der Waals surface area contributed by atoms with E-state index in [9.17, 15) is 24.6 Å². The number of nitro groups is 1. The lowest BCUT2D eigenvalue weighted by molar-refractivity contribution is -0.384. The summed E-state index contributed by atoms with van der Waals surface area (Å²) in [6, 6.07) is 5.62. The van der Waals surface area contributed by atoms with Crippen LogP contribution in [0, 0.1) is 10.1 Å². The van der Waals surface area contributed by atoms with Gasteiger partial charge < -0.3 is 28.6 Å². The molecule has 0 aliphatic carbocycles. The highest BCUT2D eigenvalue weighted by Gasteiger charge is 2.45. The Bertz CT molecular complexity index is 1070. The first-order chi connectivity index (χ1) is 16.8. The van der Waals surface area contributed by atoms with Gasteiger partial charge in [0, 0.05) is 48.2 Å². The number of aliphatic carboxylic acids is 1. The Morgan fingerprint density at radius 1 is 1.11 bits per heavy atom. The number of hydrogen-bond donors (Lipinski definition) is 0. The maximum absolute atomic E-state index is 14.5. The van der Waals surface area contributed by atoms with Gasteiger partial charge in [-0.15, -0.1) is 0 Å². The van der Waals surface area contributed by atoms with Gasteiger partial charge in [-0.1, -0.05) is 19.1 Å². The zero-order valence-corrected chi connectivity index (χ0v) is 22.9. The van der Waals surface area contributed by atoms with Crippen LogP contribution in [0.4, 0.5) is 5.69 Å². The van der Waals surface area contributed by atoms with Crippen molar-refractivity contribution in [3.05, 3.63) is 62.2 Å². The van der Waals surface area contributed by atoms with Gasteiger partial charge in [0.15, 0.2) is 0 Å². The van der Waals surface area contributed by atoms with Crippen LogP contribution in [0.5, 0.6) is 0 Å². The maximum Gasteiger partial charge on any atom is 0.360 e. The molecule has 2 rings (SSSR count). The number of hydrogen-bond acceptors (Lipinski definition) is 9. The molecule has 1 aliphatic heterocycles. The van der Waals surface area contributed by atoms with E-state index in [4.69, 9.17) is 13.8 Å². The van der Waals surface area contributed by atoms with Crippen molar-refractivity contribution in [3.8, 4) is 0 Å². The van der Waals surface area contributed by atoms with Crippen LogP contribution in [0.25, 0.3) is 0 Å². The Balaban J connectivity index is 2.86. The normalized spacial score (nSPS) is 16.9. The van der Waals surface area contributed by atoms with E-state index in [-0.39, 0.29) is 22.1 Å². The quantitative estimate of drug-likeness (QED) is 0.156. The minimum Gasteiger partial charge on any atom is -0.545 e. The molecule has 0 bridgehead atoms. The number of allylic oxidation sites excluding steroid dienone is 3. The van der Waals surface area contributed by atoms with Gasteiger partial charge in [-0.3, -0.25) is 14.7 Å². The van der Waals surface area contributed by atoms with Gasteiger partial charge in [0.2, 0.25) is 0 Å². The van der Waals surface area contributed by atoms with E-state index >= 15 is 0 Å². The van der Waals surface area contributed by atoms with E-state index in [1.54, 1.807) is 52.5 Å². The van der Waals surface area contributed by atoms with Gasteiger partial charge >= 0.3 is 7.60 Å². The smallest absolute Gasteiger partial charge is 0.360 e. The number of carboxylic acid groups (broad SMARTS) is 1. The molecule has 0 saturated carbocycles. The number of non-ortho nitro benzene ring substituents is 1. The van der Waals surface area contributed by atoms with E-state index in [1.807, 2.05) is 6.92 Å². The Hall–Kier alpha value is -2.52. The summed E-state index contributed by atoms with van der Waals surface area (Å²) in [4.78, 5) is 25.2. The van der Waals surface area contributed by atoms with E-state index in [2.05, 4.69) is 0 Å². The molecule has 0 spiro atoms. The molecule has 0 fully saturated rings. The van der Waals surface area contributed by atoms with Crippen molar-refractivity contribution in [2.24, 2.45) is 0 Å². The lowest BCUT2D eigenvalue weighted by atomic mass is 9.85. The zero-order chi connectivity index (χ0) is 27.2. The van der Waals surface area contributed by atoms with Crippen LogP contribution in [0.15, 0.2) is 46.5 Å². The topological polar surface area (TPSA) is 131 Å². The van der Waals surface area contributed by atoms with E-state index in [0.717, 1.165) is 6.42 Å². The highest BCUT2D eigenvalue weighted by Crippen LogP contribution is 2.66. The average Bonchev–Trinajstić information content (AvgIpc) is 2.76. The summed E-state index contributed by atoms with van der Waals surface area (Å²) in [5.74, 6) is -2.62. The van der Waals surface area contributed by atoms with Gasteiger partial charge in [-0.05, 0) is 53.5 Å². The Morgan fingerprint density at radius 2 is 1.72 bits per heavy atom. The lowest BCUT2D eigenvalue weighted by Crippen LogP contribution is -2.38. The van der Waals surface area contributed by atoms with Crippen molar-refractivity contribution >= 4 is 19.3 Å². The summed E-state index contributed by atoms with van der Waals surface area (Å²) in [6.07, 6.45) is -0.200. The number of carboxylic acids is 1. The first kappa shape index (κ1) is 29.7. The lowest BCUT2D eigenvalue weighted by Gasteiger charge is -2.42. The molecule has 200 valence electrons. The molecule has 1 atom stereocenters.